The zero-order valence-electron chi connectivity index (χ0n) is 9.34. The van der Waals surface area contributed by atoms with E-state index in [4.69, 9.17) is 11.6 Å². The summed E-state index contributed by atoms with van der Waals surface area (Å²) in [5.74, 6) is -0.420. The van der Waals surface area contributed by atoms with E-state index in [0.717, 1.165) is 6.07 Å². The molecule has 0 aromatic carbocycles. The third-order valence-electron chi connectivity index (χ3n) is 2.06. The average molecular weight is 358 g/mol. The fourth-order valence-corrected chi connectivity index (χ4v) is 3.53. The van der Waals surface area contributed by atoms with E-state index in [9.17, 15) is 18.5 Å². The summed E-state index contributed by atoms with van der Waals surface area (Å²) in [5, 5.41) is 10.3. The van der Waals surface area contributed by atoms with Crippen LogP contribution in [-0.4, -0.2) is 30.0 Å². The second-order valence-electron chi connectivity index (χ2n) is 3.78. The molecule has 1 rings (SSSR count). The number of halogens is 2. The van der Waals surface area contributed by atoms with E-state index in [2.05, 4.69) is 20.9 Å². The predicted octanol–water partition coefficient (Wildman–Crippen LogP) is 2.40. The maximum Gasteiger partial charge on any atom is 0.307 e. The quantitative estimate of drug-likeness (QED) is 0.458. The third-order valence-corrected chi connectivity index (χ3v) is 4.93. The Morgan fingerprint density at radius 1 is 1.61 bits per heavy atom. The molecule has 0 N–H and O–H groups in total. The third kappa shape index (κ3) is 3.63. The van der Waals surface area contributed by atoms with Gasteiger partial charge in [0.1, 0.15) is 0 Å². The zero-order chi connectivity index (χ0) is 13.9. The molecule has 0 spiro atoms. The van der Waals surface area contributed by atoms with Gasteiger partial charge in [-0.05, 0) is 21.8 Å². The summed E-state index contributed by atoms with van der Waals surface area (Å²) in [5.41, 5.74) is -0.536. The lowest BCUT2D eigenvalue weighted by molar-refractivity contribution is -0.388. The van der Waals surface area contributed by atoms with Gasteiger partial charge in [-0.2, -0.15) is 0 Å². The molecule has 1 aromatic heterocycles. The van der Waals surface area contributed by atoms with Crippen molar-refractivity contribution in [3.63, 3.8) is 0 Å². The normalized spacial score (nSPS) is 13.3. The van der Waals surface area contributed by atoms with Crippen LogP contribution >= 0.6 is 27.5 Å². The van der Waals surface area contributed by atoms with E-state index >= 15 is 0 Å². The van der Waals surface area contributed by atoms with E-state index in [1.54, 1.807) is 6.92 Å². The Hall–Kier alpha value is -0.730. The van der Waals surface area contributed by atoms with Crippen LogP contribution < -0.4 is 0 Å². The van der Waals surface area contributed by atoms with E-state index in [-0.39, 0.29) is 17.6 Å². The number of aromatic nitrogens is 1. The van der Waals surface area contributed by atoms with Gasteiger partial charge >= 0.3 is 5.69 Å². The standard InChI is InChI=1S/C9H10BrClN2O4S/c1-6(3-11)5-18(16,17)9-8(13(14)15)2-7(10)4-12-9/h2,4,6H,3,5H2,1H3. The highest BCUT2D eigenvalue weighted by Gasteiger charge is 2.29. The molecule has 1 heterocycles. The number of nitrogens with zero attached hydrogens (tertiary/aromatic N) is 2. The van der Waals surface area contributed by atoms with Crippen LogP contribution in [0.1, 0.15) is 6.92 Å². The first-order valence-electron chi connectivity index (χ1n) is 4.86. The van der Waals surface area contributed by atoms with Crippen LogP contribution in [0.2, 0.25) is 0 Å². The Bertz CT molecular complexity index is 564. The molecule has 0 aliphatic heterocycles. The number of alkyl halides is 1. The van der Waals surface area contributed by atoms with Crippen LogP contribution in [-0.2, 0) is 9.84 Å². The van der Waals surface area contributed by atoms with Crippen molar-refractivity contribution in [3.05, 3.63) is 26.9 Å². The Kier molecular flexibility index (Phi) is 5.06. The molecule has 9 heteroatoms. The van der Waals surface area contributed by atoms with Gasteiger partial charge in [0.2, 0.25) is 14.9 Å². The van der Waals surface area contributed by atoms with Gasteiger partial charge in [-0.15, -0.1) is 11.6 Å². The molecule has 0 saturated carbocycles. The highest BCUT2D eigenvalue weighted by molar-refractivity contribution is 9.10. The van der Waals surface area contributed by atoms with Crippen molar-refractivity contribution < 1.29 is 13.3 Å². The highest BCUT2D eigenvalue weighted by Crippen LogP contribution is 2.26. The molecule has 6 nitrogen and oxygen atoms in total. The van der Waals surface area contributed by atoms with Gasteiger partial charge in [0.25, 0.3) is 0 Å². The molecule has 0 saturated heterocycles. The van der Waals surface area contributed by atoms with E-state index in [1.165, 1.54) is 6.20 Å². The summed E-state index contributed by atoms with van der Waals surface area (Å²) in [6.45, 7) is 1.65. The fourth-order valence-electron chi connectivity index (χ4n) is 1.28. The van der Waals surface area contributed by atoms with Crippen LogP contribution in [0.4, 0.5) is 5.69 Å². The molecule has 100 valence electrons. The average Bonchev–Trinajstić information content (AvgIpc) is 2.27. The Balaban J connectivity index is 3.28. The fraction of sp³-hybridized carbons (Fsp3) is 0.444. The Morgan fingerprint density at radius 2 is 2.22 bits per heavy atom. The lowest BCUT2D eigenvalue weighted by Gasteiger charge is -2.08. The van der Waals surface area contributed by atoms with Gasteiger partial charge in [-0.1, -0.05) is 6.92 Å². The molecule has 18 heavy (non-hydrogen) atoms. The first kappa shape index (κ1) is 15.3. The van der Waals surface area contributed by atoms with Crippen LogP contribution in [0.5, 0.6) is 0 Å². The second-order valence-corrected chi connectivity index (χ2v) is 6.95. The van der Waals surface area contributed by atoms with Gasteiger partial charge in [0, 0.05) is 22.6 Å². The number of sulfone groups is 1. The van der Waals surface area contributed by atoms with Crippen LogP contribution in [0, 0.1) is 16.0 Å². The molecule has 1 aromatic rings. The highest BCUT2D eigenvalue weighted by atomic mass is 79.9. The Labute approximate surface area is 118 Å². The van der Waals surface area contributed by atoms with Gasteiger partial charge in [0.15, 0.2) is 0 Å². The van der Waals surface area contributed by atoms with E-state index < -0.39 is 25.5 Å². The SMILES string of the molecule is CC(CCl)CS(=O)(=O)c1ncc(Br)cc1[N+](=O)[O-]. The summed E-state index contributed by atoms with van der Waals surface area (Å²) in [6.07, 6.45) is 1.21. The minimum Gasteiger partial charge on any atom is -0.258 e. The first-order valence-corrected chi connectivity index (χ1v) is 7.84. The summed E-state index contributed by atoms with van der Waals surface area (Å²) in [7, 11) is -3.82. The van der Waals surface area contributed by atoms with Crippen molar-refractivity contribution in [2.75, 3.05) is 11.6 Å². The first-order chi connectivity index (χ1) is 8.27. The lowest BCUT2D eigenvalue weighted by atomic mass is 10.3. The maximum absolute atomic E-state index is 12.0. The number of hydrogen-bond donors (Lipinski definition) is 0. The molecule has 1 atom stereocenters. The molecule has 0 fully saturated rings. The van der Waals surface area contributed by atoms with Crippen molar-refractivity contribution in [2.24, 2.45) is 5.92 Å². The smallest absolute Gasteiger partial charge is 0.258 e. The van der Waals surface area contributed by atoms with Crippen molar-refractivity contribution in [1.82, 2.24) is 4.98 Å². The van der Waals surface area contributed by atoms with Gasteiger partial charge in [-0.25, -0.2) is 13.4 Å². The second kappa shape index (κ2) is 5.94. The lowest BCUT2D eigenvalue weighted by Crippen LogP contribution is -2.17. The number of hydrogen-bond acceptors (Lipinski definition) is 5. The molecule has 0 bridgehead atoms. The summed E-state index contributed by atoms with van der Waals surface area (Å²) < 4.78 is 24.3. The number of pyridine rings is 1. The molecule has 0 amide bonds. The minimum absolute atomic E-state index is 0.156. The van der Waals surface area contributed by atoms with Crippen LogP contribution in [0.3, 0.4) is 0 Å². The summed E-state index contributed by atoms with van der Waals surface area (Å²) >= 11 is 8.56. The molecule has 0 aliphatic rings. The predicted molar refractivity (Wildman–Crippen MR) is 70.5 cm³/mol. The topological polar surface area (TPSA) is 90.2 Å². The molecular weight excluding hydrogens is 348 g/mol. The minimum atomic E-state index is -3.82. The largest absolute Gasteiger partial charge is 0.307 e. The Morgan fingerprint density at radius 3 is 2.72 bits per heavy atom. The summed E-state index contributed by atoms with van der Waals surface area (Å²) in [4.78, 5) is 13.7. The van der Waals surface area contributed by atoms with Crippen molar-refractivity contribution >= 4 is 43.1 Å². The van der Waals surface area contributed by atoms with Crippen molar-refractivity contribution in [3.8, 4) is 0 Å². The van der Waals surface area contributed by atoms with Gasteiger partial charge < -0.3 is 0 Å². The number of nitro groups is 1. The molecular formula is C9H10BrClN2O4S. The maximum atomic E-state index is 12.0. The van der Waals surface area contributed by atoms with Gasteiger partial charge in [0.05, 0.1) is 10.7 Å². The number of rotatable bonds is 5. The molecule has 1 unspecified atom stereocenters. The zero-order valence-corrected chi connectivity index (χ0v) is 12.5. The van der Waals surface area contributed by atoms with Crippen molar-refractivity contribution in [1.29, 1.82) is 0 Å². The molecule has 0 radical (unpaired) electrons. The monoisotopic (exact) mass is 356 g/mol. The summed E-state index contributed by atoms with van der Waals surface area (Å²) in [6, 6.07) is 1.12. The van der Waals surface area contributed by atoms with E-state index in [1.807, 2.05) is 0 Å². The van der Waals surface area contributed by atoms with Crippen LogP contribution in [0.15, 0.2) is 21.8 Å². The van der Waals surface area contributed by atoms with Crippen LogP contribution in [0.25, 0.3) is 0 Å². The van der Waals surface area contributed by atoms with Crippen molar-refractivity contribution in [2.45, 2.75) is 11.9 Å². The van der Waals surface area contributed by atoms with E-state index in [0.29, 0.717) is 4.47 Å². The van der Waals surface area contributed by atoms with Gasteiger partial charge in [-0.3, -0.25) is 10.1 Å². The molecule has 0 aliphatic carbocycles.